The molecule has 0 spiro atoms. The fourth-order valence-electron chi connectivity index (χ4n) is 5.33. The summed E-state index contributed by atoms with van der Waals surface area (Å²) in [6.45, 7) is 14.4. The van der Waals surface area contributed by atoms with Gasteiger partial charge >= 0.3 is 0 Å². The number of unbranched alkanes of at least 4 members (excludes halogenated alkanes) is 4. The van der Waals surface area contributed by atoms with E-state index in [1.165, 1.54) is 74.5 Å². The van der Waals surface area contributed by atoms with Crippen molar-refractivity contribution in [1.29, 1.82) is 0 Å². The van der Waals surface area contributed by atoms with E-state index in [0.717, 1.165) is 36.0 Å². The van der Waals surface area contributed by atoms with E-state index in [4.69, 9.17) is 9.47 Å². The highest BCUT2D eigenvalue weighted by molar-refractivity contribution is 5.50. The Balaban J connectivity index is 2.37. The second-order valence-corrected chi connectivity index (χ2v) is 11.7. The van der Waals surface area contributed by atoms with Crippen LogP contribution in [0.4, 0.5) is 0 Å². The van der Waals surface area contributed by atoms with Crippen LogP contribution in [0.1, 0.15) is 121 Å². The maximum atomic E-state index is 6.73. The van der Waals surface area contributed by atoms with E-state index >= 15 is 0 Å². The molecular formula is C35H58NO2+. The van der Waals surface area contributed by atoms with Crippen LogP contribution in [-0.2, 0) is 37.0 Å². The van der Waals surface area contributed by atoms with Gasteiger partial charge in [-0.3, -0.25) is 9.22 Å². The summed E-state index contributed by atoms with van der Waals surface area (Å²) >= 11 is 0. The van der Waals surface area contributed by atoms with Gasteiger partial charge in [0.2, 0.25) is 6.29 Å². The number of hydrogen-bond donors (Lipinski definition) is 0. The van der Waals surface area contributed by atoms with Crippen LogP contribution in [0.5, 0.6) is 5.75 Å². The average molecular weight is 525 g/mol. The molecular weight excluding hydrogens is 466 g/mol. The molecule has 2 atom stereocenters. The fraction of sp³-hybridized carbons (Fsp3) is 0.657. The van der Waals surface area contributed by atoms with Crippen molar-refractivity contribution in [3.8, 4) is 5.75 Å². The van der Waals surface area contributed by atoms with Crippen LogP contribution in [0.3, 0.4) is 0 Å². The normalized spacial score (nSPS) is 13.5. The Kier molecular flexibility index (Phi) is 14.5. The monoisotopic (exact) mass is 524 g/mol. The van der Waals surface area contributed by atoms with Crippen LogP contribution >= 0.6 is 0 Å². The lowest BCUT2D eigenvalue weighted by Gasteiger charge is -2.37. The van der Waals surface area contributed by atoms with Crippen LogP contribution in [0.15, 0.2) is 36.4 Å². The molecule has 0 N–H and O–H groups in total. The van der Waals surface area contributed by atoms with E-state index in [1.54, 1.807) is 11.1 Å². The molecule has 214 valence electrons. The summed E-state index contributed by atoms with van der Waals surface area (Å²) < 4.78 is 14.0. The predicted octanol–water partition coefficient (Wildman–Crippen LogP) is 9.42. The quantitative estimate of drug-likeness (QED) is 0.135. The molecule has 2 aromatic rings. The maximum Gasteiger partial charge on any atom is 0.202 e. The standard InChI is InChI=1S/C35H58NO2/c1-9-13-22-31-26-35(34(25-16-12-4)33(24-15-11-3)32(31)23-14-10-2)38-29(6)37-28(5)36(7,8)27-30-20-18-17-19-21-30/h17-21,26,28-29H,9-16,22-25,27H2,1-8H3/q+1. The highest BCUT2D eigenvalue weighted by Crippen LogP contribution is 2.35. The smallest absolute Gasteiger partial charge is 0.202 e. The first kappa shape index (κ1) is 32.4. The van der Waals surface area contributed by atoms with Gasteiger partial charge in [0.1, 0.15) is 12.3 Å². The summed E-state index contributed by atoms with van der Waals surface area (Å²) in [5.41, 5.74) is 7.52. The number of quaternary nitrogens is 1. The molecule has 0 heterocycles. The van der Waals surface area contributed by atoms with Crippen molar-refractivity contribution in [1.82, 2.24) is 0 Å². The largest absolute Gasteiger partial charge is 0.465 e. The topological polar surface area (TPSA) is 18.5 Å². The summed E-state index contributed by atoms with van der Waals surface area (Å²) in [5.74, 6) is 1.07. The number of ether oxygens (including phenoxy) is 2. The minimum absolute atomic E-state index is 0.00671. The van der Waals surface area contributed by atoms with Crippen molar-refractivity contribution in [2.45, 2.75) is 138 Å². The van der Waals surface area contributed by atoms with Gasteiger partial charge in [-0.1, -0.05) is 83.7 Å². The van der Waals surface area contributed by atoms with Gasteiger partial charge in [-0.15, -0.1) is 0 Å². The van der Waals surface area contributed by atoms with Crippen LogP contribution in [0.2, 0.25) is 0 Å². The zero-order valence-electron chi connectivity index (χ0n) is 26.1. The predicted molar refractivity (Wildman–Crippen MR) is 164 cm³/mol. The van der Waals surface area contributed by atoms with Crippen LogP contribution < -0.4 is 4.74 Å². The number of benzene rings is 2. The van der Waals surface area contributed by atoms with E-state index in [0.29, 0.717) is 0 Å². The lowest BCUT2D eigenvalue weighted by Crippen LogP contribution is -2.49. The van der Waals surface area contributed by atoms with Crippen molar-refractivity contribution in [2.75, 3.05) is 14.1 Å². The summed E-state index contributed by atoms with van der Waals surface area (Å²) in [5, 5.41) is 0. The minimum Gasteiger partial charge on any atom is -0.465 e. The molecule has 0 amide bonds. The molecule has 0 bridgehead atoms. The van der Waals surface area contributed by atoms with E-state index in [1.807, 2.05) is 0 Å². The summed E-state index contributed by atoms with van der Waals surface area (Å²) in [6.07, 6.45) is 14.1. The average Bonchev–Trinajstić information content (AvgIpc) is 2.89. The SMILES string of the molecule is CCCCc1cc(OC(C)OC(C)[N+](C)(C)Cc2ccccc2)c(CCCC)c(CCCC)c1CCCC. The molecule has 0 radical (unpaired) electrons. The highest BCUT2D eigenvalue weighted by atomic mass is 16.7. The molecule has 3 nitrogen and oxygen atoms in total. The van der Waals surface area contributed by atoms with E-state index in [-0.39, 0.29) is 12.5 Å². The lowest BCUT2D eigenvalue weighted by atomic mass is 9.85. The van der Waals surface area contributed by atoms with Crippen molar-refractivity contribution in [3.63, 3.8) is 0 Å². The summed E-state index contributed by atoms with van der Waals surface area (Å²) in [4.78, 5) is 0. The second-order valence-electron chi connectivity index (χ2n) is 11.7. The van der Waals surface area contributed by atoms with Gasteiger partial charge in [0.25, 0.3) is 0 Å². The molecule has 0 fully saturated rings. The molecule has 2 rings (SSSR count). The van der Waals surface area contributed by atoms with E-state index in [2.05, 4.69) is 92.0 Å². The first-order valence-electron chi connectivity index (χ1n) is 15.6. The molecule has 0 aliphatic rings. The molecule has 0 saturated carbocycles. The van der Waals surface area contributed by atoms with Crippen molar-refractivity contribution in [2.24, 2.45) is 0 Å². The maximum absolute atomic E-state index is 6.73. The summed E-state index contributed by atoms with van der Waals surface area (Å²) in [7, 11) is 4.48. The molecule has 3 heteroatoms. The molecule has 0 saturated heterocycles. The van der Waals surface area contributed by atoms with Gasteiger partial charge in [0.05, 0.1) is 14.1 Å². The Labute approximate surface area is 235 Å². The number of aryl methyl sites for hydroxylation is 1. The molecule has 0 aromatic heterocycles. The first-order chi connectivity index (χ1) is 18.3. The van der Waals surface area contributed by atoms with Crippen LogP contribution in [0.25, 0.3) is 0 Å². The van der Waals surface area contributed by atoms with Gasteiger partial charge in [-0.05, 0) is 86.6 Å². The van der Waals surface area contributed by atoms with Crippen molar-refractivity contribution < 1.29 is 14.0 Å². The van der Waals surface area contributed by atoms with Crippen LogP contribution in [-0.4, -0.2) is 31.1 Å². The van der Waals surface area contributed by atoms with Gasteiger partial charge < -0.3 is 4.74 Å². The van der Waals surface area contributed by atoms with Crippen molar-refractivity contribution in [3.05, 3.63) is 64.2 Å². The number of rotatable bonds is 19. The van der Waals surface area contributed by atoms with Gasteiger partial charge in [-0.2, -0.15) is 0 Å². The Morgan fingerprint density at radius 3 is 1.79 bits per heavy atom. The highest BCUT2D eigenvalue weighted by Gasteiger charge is 2.28. The Morgan fingerprint density at radius 2 is 1.21 bits per heavy atom. The minimum atomic E-state index is -0.307. The third kappa shape index (κ3) is 10.0. The number of hydrogen-bond acceptors (Lipinski definition) is 2. The molecule has 2 aromatic carbocycles. The zero-order valence-corrected chi connectivity index (χ0v) is 26.1. The second kappa shape index (κ2) is 17.0. The number of nitrogens with zero attached hydrogens (tertiary/aromatic N) is 1. The third-order valence-corrected chi connectivity index (χ3v) is 7.96. The molecule has 0 aliphatic carbocycles. The Morgan fingerprint density at radius 1 is 0.684 bits per heavy atom. The van der Waals surface area contributed by atoms with Crippen LogP contribution in [0, 0.1) is 0 Å². The molecule has 0 aliphatic heterocycles. The zero-order chi connectivity index (χ0) is 28.0. The van der Waals surface area contributed by atoms with Gasteiger partial charge in [-0.25, -0.2) is 0 Å². The first-order valence-corrected chi connectivity index (χ1v) is 15.6. The summed E-state index contributed by atoms with van der Waals surface area (Å²) in [6, 6.07) is 13.1. The fourth-order valence-corrected chi connectivity index (χ4v) is 5.33. The third-order valence-electron chi connectivity index (χ3n) is 7.96. The van der Waals surface area contributed by atoms with Crippen molar-refractivity contribution >= 4 is 0 Å². The molecule has 2 unspecified atom stereocenters. The van der Waals surface area contributed by atoms with E-state index < -0.39 is 0 Å². The molecule has 38 heavy (non-hydrogen) atoms. The lowest BCUT2D eigenvalue weighted by molar-refractivity contribution is -0.949. The van der Waals surface area contributed by atoms with Gasteiger partial charge in [0, 0.05) is 12.5 Å². The van der Waals surface area contributed by atoms with E-state index in [9.17, 15) is 0 Å². The Hall–Kier alpha value is -1.84. The Bertz CT molecular complexity index is 921. The van der Waals surface area contributed by atoms with Gasteiger partial charge in [0.15, 0.2) is 6.23 Å².